The molecule has 1 heteroatoms. The van der Waals surface area contributed by atoms with E-state index in [4.69, 9.17) is 0 Å². The van der Waals surface area contributed by atoms with Crippen LogP contribution in [0.2, 0.25) is 0 Å². The summed E-state index contributed by atoms with van der Waals surface area (Å²) in [4.78, 5) is 11.9. The summed E-state index contributed by atoms with van der Waals surface area (Å²) in [6.45, 7) is 15.0. The number of hydrogen-bond acceptors (Lipinski definition) is 1. The summed E-state index contributed by atoms with van der Waals surface area (Å²) < 4.78 is 0. The van der Waals surface area contributed by atoms with Crippen LogP contribution in [0.5, 0.6) is 0 Å². The number of carbonyl (C=O) groups is 1. The van der Waals surface area contributed by atoms with Crippen molar-refractivity contribution in [1.82, 2.24) is 0 Å². The van der Waals surface area contributed by atoms with E-state index < -0.39 is 0 Å². The van der Waals surface area contributed by atoms with Gasteiger partial charge in [0.05, 0.1) is 0 Å². The summed E-state index contributed by atoms with van der Waals surface area (Å²) in [5.74, 6) is 1.12. The minimum absolute atomic E-state index is 0.434. The van der Waals surface area contributed by atoms with Gasteiger partial charge in [-0.3, -0.25) is 4.79 Å². The van der Waals surface area contributed by atoms with Crippen molar-refractivity contribution in [2.24, 2.45) is 5.92 Å². The Morgan fingerprint density at radius 3 is 1.86 bits per heavy atom. The van der Waals surface area contributed by atoms with Crippen LogP contribution in [0, 0.1) is 5.92 Å². The first-order valence-corrected chi connectivity index (χ1v) is 12.1. The third-order valence-corrected chi connectivity index (χ3v) is 5.18. The van der Waals surface area contributed by atoms with Gasteiger partial charge in [-0.1, -0.05) is 75.8 Å². The summed E-state index contributed by atoms with van der Waals surface area (Å²) in [6.07, 6.45) is 25.0. The van der Waals surface area contributed by atoms with Crippen molar-refractivity contribution in [3.05, 3.63) is 48.6 Å². The molecule has 0 radical (unpaired) electrons. The van der Waals surface area contributed by atoms with E-state index in [9.17, 15) is 4.79 Å². The van der Waals surface area contributed by atoms with Crippen LogP contribution in [-0.2, 0) is 4.79 Å². The summed E-state index contributed by atoms with van der Waals surface area (Å²) in [7, 11) is 0. The van der Waals surface area contributed by atoms with Crippen LogP contribution in [0.25, 0.3) is 0 Å². The van der Waals surface area contributed by atoms with Crippen LogP contribution >= 0.6 is 0 Å². The summed E-state index contributed by atoms with van der Waals surface area (Å²) in [5, 5.41) is 0. The fourth-order valence-corrected chi connectivity index (χ4v) is 3.46. The topological polar surface area (TPSA) is 17.1 Å². The third kappa shape index (κ3) is 21.2. The Morgan fingerprint density at radius 1 is 0.724 bits per heavy atom. The largest absolute Gasteiger partial charge is 0.300 e. The van der Waals surface area contributed by atoms with Gasteiger partial charge in [-0.2, -0.15) is 0 Å². The minimum atomic E-state index is 0.434. The van der Waals surface area contributed by atoms with Crippen molar-refractivity contribution in [2.45, 2.75) is 117 Å². The molecule has 0 unspecified atom stereocenters. The number of ketones is 1. The van der Waals surface area contributed by atoms with Crippen molar-refractivity contribution in [3.63, 3.8) is 0 Å². The molecule has 0 rings (SSSR count). The highest BCUT2D eigenvalue weighted by Crippen LogP contribution is 2.16. The van der Waals surface area contributed by atoms with E-state index >= 15 is 0 Å². The van der Waals surface area contributed by atoms with Crippen LogP contribution < -0.4 is 0 Å². The molecule has 0 aromatic heterocycles. The Labute approximate surface area is 182 Å². The van der Waals surface area contributed by atoms with Crippen LogP contribution in [0.3, 0.4) is 0 Å². The molecule has 0 aliphatic rings. The average molecular weight is 401 g/mol. The van der Waals surface area contributed by atoms with Gasteiger partial charge in [0.15, 0.2) is 0 Å². The molecule has 0 aliphatic heterocycles. The Hall–Kier alpha value is -1.37. The molecule has 0 bridgehead atoms. The third-order valence-electron chi connectivity index (χ3n) is 5.18. The Balaban J connectivity index is 3.50. The number of rotatable bonds is 20. The van der Waals surface area contributed by atoms with Gasteiger partial charge >= 0.3 is 0 Å². The van der Waals surface area contributed by atoms with Crippen LogP contribution in [0.15, 0.2) is 48.6 Å². The van der Waals surface area contributed by atoms with Gasteiger partial charge in [-0.25, -0.2) is 0 Å². The highest BCUT2D eigenvalue weighted by Gasteiger charge is 2.03. The van der Waals surface area contributed by atoms with E-state index in [2.05, 4.69) is 58.2 Å². The summed E-state index contributed by atoms with van der Waals surface area (Å²) in [6, 6.07) is 0. The zero-order valence-electron chi connectivity index (χ0n) is 19.8. The molecule has 0 saturated heterocycles. The fraction of sp³-hybridized carbons (Fsp3) is 0.679. The normalized spacial score (nSPS) is 11.7. The van der Waals surface area contributed by atoms with Crippen molar-refractivity contribution in [1.29, 1.82) is 0 Å². The molecule has 0 amide bonds. The maximum Gasteiger partial charge on any atom is 0.132 e. The minimum Gasteiger partial charge on any atom is -0.300 e. The van der Waals surface area contributed by atoms with Gasteiger partial charge in [0, 0.05) is 12.8 Å². The molecule has 0 N–H and O–H groups in total. The zero-order valence-corrected chi connectivity index (χ0v) is 19.8. The van der Waals surface area contributed by atoms with Gasteiger partial charge in [-0.05, 0) is 83.0 Å². The van der Waals surface area contributed by atoms with E-state index in [0.29, 0.717) is 11.7 Å². The lowest BCUT2D eigenvalue weighted by molar-refractivity contribution is -0.119. The highest BCUT2D eigenvalue weighted by atomic mass is 16.1. The molecule has 0 aromatic carbocycles. The molecule has 166 valence electrons. The maximum atomic E-state index is 11.9. The lowest BCUT2D eigenvalue weighted by Crippen LogP contribution is -1.98. The average Bonchev–Trinajstić information content (AvgIpc) is 2.67. The standard InChI is InChI=1S/C28H48O/c1-6-7-19-26(4)20-15-13-11-9-8-10-12-14-16-22-28(29)23-18-17-21-27(5)24-25(2)3/h8-11,25H,4-7,12-24H2,1-3H3/b10-8+,11-9+. The molecule has 0 saturated carbocycles. The van der Waals surface area contributed by atoms with Gasteiger partial charge in [0.1, 0.15) is 5.78 Å². The maximum absolute atomic E-state index is 11.9. The number of Topliss-reactive ketones (excluding diaryl/α,β-unsaturated/α-hetero) is 1. The van der Waals surface area contributed by atoms with Crippen molar-refractivity contribution >= 4 is 5.78 Å². The zero-order chi connectivity index (χ0) is 21.7. The highest BCUT2D eigenvalue weighted by molar-refractivity contribution is 5.78. The van der Waals surface area contributed by atoms with Gasteiger partial charge < -0.3 is 0 Å². The molecule has 0 fully saturated rings. The molecule has 0 heterocycles. The molecular formula is C28H48O. The van der Waals surface area contributed by atoms with E-state index in [1.54, 1.807) is 0 Å². The molecule has 0 atom stereocenters. The monoisotopic (exact) mass is 400 g/mol. The van der Waals surface area contributed by atoms with Gasteiger partial charge in [-0.15, -0.1) is 0 Å². The predicted octanol–water partition coefficient (Wildman–Crippen LogP) is 9.31. The van der Waals surface area contributed by atoms with Crippen LogP contribution in [-0.4, -0.2) is 5.78 Å². The summed E-state index contributed by atoms with van der Waals surface area (Å²) in [5.41, 5.74) is 2.74. The first kappa shape index (κ1) is 27.6. The lowest BCUT2D eigenvalue weighted by Gasteiger charge is -2.08. The number of carbonyl (C=O) groups excluding carboxylic acids is 1. The second-order valence-corrected chi connectivity index (χ2v) is 8.94. The number of hydrogen-bond donors (Lipinski definition) is 0. The fourth-order valence-electron chi connectivity index (χ4n) is 3.46. The Kier molecular flexibility index (Phi) is 19.0. The number of allylic oxidation sites excluding steroid dienone is 6. The first-order chi connectivity index (χ1) is 14.0. The van der Waals surface area contributed by atoms with E-state index in [1.165, 1.54) is 36.8 Å². The Bertz CT molecular complexity index is 492. The molecule has 1 nitrogen and oxygen atoms in total. The second kappa shape index (κ2) is 19.9. The summed E-state index contributed by atoms with van der Waals surface area (Å²) >= 11 is 0. The van der Waals surface area contributed by atoms with Crippen LogP contribution in [0.1, 0.15) is 117 Å². The van der Waals surface area contributed by atoms with Gasteiger partial charge in [0.25, 0.3) is 0 Å². The molecule has 0 aromatic rings. The Morgan fingerprint density at radius 2 is 1.24 bits per heavy atom. The lowest BCUT2D eigenvalue weighted by atomic mass is 9.98. The first-order valence-electron chi connectivity index (χ1n) is 12.1. The van der Waals surface area contributed by atoms with E-state index in [1.807, 2.05) is 0 Å². The van der Waals surface area contributed by atoms with Gasteiger partial charge in [0.2, 0.25) is 0 Å². The van der Waals surface area contributed by atoms with E-state index in [0.717, 1.165) is 70.6 Å². The van der Waals surface area contributed by atoms with Crippen LogP contribution in [0.4, 0.5) is 0 Å². The smallest absolute Gasteiger partial charge is 0.132 e. The second-order valence-electron chi connectivity index (χ2n) is 8.94. The molecule has 0 aliphatic carbocycles. The predicted molar refractivity (Wildman–Crippen MR) is 131 cm³/mol. The quantitative estimate of drug-likeness (QED) is 0.113. The SMILES string of the molecule is C=C(CCCC)CCC/C=C/C=C/CCCCC(=O)CCCCC(=C)CC(C)C. The molecular weight excluding hydrogens is 352 g/mol. The van der Waals surface area contributed by atoms with Crippen molar-refractivity contribution in [2.75, 3.05) is 0 Å². The molecule has 29 heavy (non-hydrogen) atoms. The van der Waals surface area contributed by atoms with E-state index in [-0.39, 0.29) is 0 Å². The van der Waals surface area contributed by atoms with Crippen molar-refractivity contribution in [3.8, 4) is 0 Å². The molecule has 0 spiro atoms. The van der Waals surface area contributed by atoms with Crippen molar-refractivity contribution < 1.29 is 4.79 Å². The number of unbranched alkanes of at least 4 members (excludes halogenated alkanes) is 5.